The number of fused-ring (bicyclic) bond motifs is 6. The van der Waals surface area contributed by atoms with Crippen molar-refractivity contribution in [1.29, 1.82) is 0 Å². The molecule has 1 aliphatic carbocycles. The number of benzene rings is 3. The van der Waals surface area contributed by atoms with Crippen molar-refractivity contribution < 1.29 is 4.74 Å². The molecule has 0 aromatic heterocycles. The molecular formula is C22H14O. The summed E-state index contributed by atoms with van der Waals surface area (Å²) in [6, 6.07) is 25.0. The Kier molecular flexibility index (Phi) is 2.56. The number of hydrogen-bond acceptors (Lipinski definition) is 1. The quantitative estimate of drug-likeness (QED) is 0.502. The molecule has 1 nitrogen and oxygen atoms in total. The summed E-state index contributed by atoms with van der Waals surface area (Å²) < 4.78 is 6.20. The van der Waals surface area contributed by atoms with Crippen LogP contribution < -0.4 is 4.74 Å². The fourth-order valence-corrected chi connectivity index (χ4v) is 3.37. The first-order valence-corrected chi connectivity index (χ1v) is 7.79. The molecule has 0 spiro atoms. The van der Waals surface area contributed by atoms with Crippen LogP contribution in [0.15, 0.2) is 72.8 Å². The van der Waals surface area contributed by atoms with E-state index in [0.717, 1.165) is 22.6 Å². The zero-order valence-electron chi connectivity index (χ0n) is 12.5. The predicted octanol–water partition coefficient (Wildman–Crippen LogP) is 5.89. The normalized spacial score (nSPS) is 16.3. The molecule has 0 unspecified atom stereocenters. The standard InChI is InChI=1S/C22H14O/c1-3-9-17-15(7-1)13-20-18-10-4-6-12-22(18)23-21-11-5-2-8-16(21)14-19(17)20/h1-14H/b19-14-. The molecule has 23 heavy (non-hydrogen) atoms. The van der Waals surface area contributed by atoms with Gasteiger partial charge in [-0.15, -0.1) is 0 Å². The van der Waals surface area contributed by atoms with Crippen LogP contribution in [-0.4, -0.2) is 0 Å². The molecule has 3 aromatic carbocycles. The third-order valence-corrected chi connectivity index (χ3v) is 4.46. The number of ether oxygens (including phenoxy) is 1. The average molecular weight is 294 g/mol. The van der Waals surface area contributed by atoms with E-state index in [1.54, 1.807) is 0 Å². The molecule has 108 valence electrons. The van der Waals surface area contributed by atoms with E-state index in [-0.39, 0.29) is 0 Å². The maximum absolute atomic E-state index is 6.20. The van der Waals surface area contributed by atoms with Crippen LogP contribution in [0.1, 0.15) is 22.3 Å². The van der Waals surface area contributed by atoms with Crippen molar-refractivity contribution in [3.05, 3.63) is 95.1 Å². The van der Waals surface area contributed by atoms with E-state index >= 15 is 0 Å². The number of para-hydroxylation sites is 2. The van der Waals surface area contributed by atoms with Crippen molar-refractivity contribution in [2.75, 3.05) is 0 Å². The molecule has 0 radical (unpaired) electrons. The molecule has 3 aromatic rings. The molecule has 1 aliphatic heterocycles. The van der Waals surface area contributed by atoms with Crippen molar-refractivity contribution in [3.63, 3.8) is 0 Å². The summed E-state index contributed by atoms with van der Waals surface area (Å²) in [5.41, 5.74) is 7.31. The predicted molar refractivity (Wildman–Crippen MR) is 95.1 cm³/mol. The lowest BCUT2D eigenvalue weighted by atomic mass is 9.93. The highest BCUT2D eigenvalue weighted by Gasteiger charge is 2.24. The maximum atomic E-state index is 6.20. The van der Waals surface area contributed by atoms with Crippen LogP contribution in [0.2, 0.25) is 0 Å². The molecule has 0 saturated carbocycles. The first kappa shape index (κ1) is 12.5. The molecule has 0 N–H and O–H groups in total. The summed E-state index contributed by atoms with van der Waals surface area (Å²) in [5.74, 6) is 1.81. The van der Waals surface area contributed by atoms with Crippen LogP contribution in [-0.2, 0) is 0 Å². The van der Waals surface area contributed by atoms with Crippen LogP contribution in [0, 0.1) is 0 Å². The summed E-state index contributed by atoms with van der Waals surface area (Å²) in [7, 11) is 0. The van der Waals surface area contributed by atoms with E-state index in [1.165, 1.54) is 22.3 Å². The molecule has 0 saturated heterocycles. The summed E-state index contributed by atoms with van der Waals surface area (Å²) in [5, 5.41) is 0. The van der Waals surface area contributed by atoms with Gasteiger partial charge >= 0.3 is 0 Å². The van der Waals surface area contributed by atoms with Gasteiger partial charge in [0, 0.05) is 11.1 Å². The third kappa shape index (κ3) is 1.87. The molecule has 0 atom stereocenters. The Morgan fingerprint density at radius 2 is 1.04 bits per heavy atom. The van der Waals surface area contributed by atoms with Gasteiger partial charge in [0.1, 0.15) is 11.5 Å². The summed E-state index contributed by atoms with van der Waals surface area (Å²) >= 11 is 0. The van der Waals surface area contributed by atoms with Gasteiger partial charge in [0.15, 0.2) is 0 Å². The van der Waals surface area contributed by atoms with Gasteiger partial charge in [0.2, 0.25) is 0 Å². The molecular weight excluding hydrogens is 280 g/mol. The monoisotopic (exact) mass is 294 g/mol. The lowest BCUT2D eigenvalue weighted by molar-refractivity contribution is 0.480. The number of hydrogen-bond donors (Lipinski definition) is 0. The van der Waals surface area contributed by atoms with Crippen molar-refractivity contribution in [2.45, 2.75) is 0 Å². The van der Waals surface area contributed by atoms with E-state index in [1.807, 2.05) is 24.3 Å². The minimum absolute atomic E-state index is 0.899. The Balaban J connectivity index is 1.87. The minimum atomic E-state index is 0.899. The van der Waals surface area contributed by atoms with Gasteiger partial charge in [-0.05, 0) is 46.6 Å². The summed E-state index contributed by atoms with van der Waals surface area (Å²) in [6.45, 7) is 0. The smallest absolute Gasteiger partial charge is 0.135 e. The Hall–Kier alpha value is -3.06. The lowest BCUT2D eigenvalue weighted by Gasteiger charge is -2.18. The van der Waals surface area contributed by atoms with E-state index in [2.05, 4.69) is 60.7 Å². The molecule has 0 amide bonds. The van der Waals surface area contributed by atoms with Crippen molar-refractivity contribution in [1.82, 2.24) is 0 Å². The topological polar surface area (TPSA) is 9.23 Å². The van der Waals surface area contributed by atoms with E-state index in [9.17, 15) is 0 Å². The fraction of sp³-hybridized carbons (Fsp3) is 0. The van der Waals surface area contributed by atoms with Crippen LogP contribution in [0.4, 0.5) is 0 Å². The van der Waals surface area contributed by atoms with Crippen LogP contribution in [0.3, 0.4) is 0 Å². The molecule has 5 rings (SSSR count). The van der Waals surface area contributed by atoms with Gasteiger partial charge in [-0.3, -0.25) is 0 Å². The highest BCUT2D eigenvalue weighted by molar-refractivity contribution is 6.22. The molecule has 1 heteroatoms. The highest BCUT2D eigenvalue weighted by Crippen LogP contribution is 2.47. The number of allylic oxidation sites excluding steroid dienone is 2. The Morgan fingerprint density at radius 1 is 0.478 bits per heavy atom. The second kappa shape index (κ2) is 4.72. The van der Waals surface area contributed by atoms with Crippen molar-refractivity contribution >= 4 is 23.3 Å². The van der Waals surface area contributed by atoms with Crippen LogP contribution in [0.5, 0.6) is 11.5 Å². The minimum Gasteiger partial charge on any atom is -0.456 e. The maximum Gasteiger partial charge on any atom is 0.135 e. The van der Waals surface area contributed by atoms with E-state index in [4.69, 9.17) is 4.74 Å². The lowest BCUT2D eigenvalue weighted by Crippen LogP contribution is -1.96. The zero-order chi connectivity index (χ0) is 15.2. The van der Waals surface area contributed by atoms with E-state index < -0.39 is 0 Å². The Bertz CT molecular complexity index is 992. The molecule has 1 heterocycles. The largest absolute Gasteiger partial charge is 0.456 e. The summed E-state index contributed by atoms with van der Waals surface area (Å²) in [4.78, 5) is 0. The van der Waals surface area contributed by atoms with Gasteiger partial charge in [0.25, 0.3) is 0 Å². The van der Waals surface area contributed by atoms with Gasteiger partial charge < -0.3 is 4.74 Å². The SMILES string of the molecule is C1=C2/C(=C\c3ccccc3Oc3ccccc32)c2ccccc21. The second-order valence-electron chi connectivity index (χ2n) is 5.84. The highest BCUT2D eigenvalue weighted by atomic mass is 16.5. The summed E-state index contributed by atoms with van der Waals surface area (Å²) in [6.07, 6.45) is 4.50. The van der Waals surface area contributed by atoms with Crippen molar-refractivity contribution in [3.8, 4) is 11.5 Å². The third-order valence-electron chi connectivity index (χ3n) is 4.46. The second-order valence-corrected chi connectivity index (χ2v) is 5.84. The van der Waals surface area contributed by atoms with E-state index in [0.29, 0.717) is 0 Å². The fourth-order valence-electron chi connectivity index (χ4n) is 3.37. The van der Waals surface area contributed by atoms with Crippen molar-refractivity contribution in [2.24, 2.45) is 0 Å². The Morgan fingerprint density at radius 3 is 1.91 bits per heavy atom. The average Bonchev–Trinajstić information content (AvgIpc) is 2.94. The molecule has 0 bridgehead atoms. The van der Waals surface area contributed by atoms with Gasteiger partial charge in [-0.1, -0.05) is 60.7 Å². The number of rotatable bonds is 0. The van der Waals surface area contributed by atoms with Crippen LogP contribution in [0.25, 0.3) is 23.3 Å². The van der Waals surface area contributed by atoms with Gasteiger partial charge in [-0.2, -0.15) is 0 Å². The first-order valence-electron chi connectivity index (χ1n) is 7.79. The first-order chi connectivity index (χ1) is 11.4. The Labute approximate surface area is 135 Å². The molecule has 0 fully saturated rings. The van der Waals surface area contributed by atoms with Gasteiger partial charge in [0.05, 0.1) is 0 Å². The van der Waals surface area contributed by atoms with Crippen LogP contribution >= 0.6 is 0 Å². The van der Waals surface area contributed by atoms with Gasteiger partial charge in [-0.25, -0.2) is 0 Å². The molecule has 2 aliphatic rings. The zero-order valence-corrected chi connectivity index (χ0v) is 12.5.